The van der Waals surface area contributed by atoms with Gasteiger partial charge >= 0.3 is 6.09 Å². The molecule has 8 nitrogen and oxygen atoms in total. The zero-order valence-corrected chi connectivity index (χ0v) is 18.5. The van der Waals surface area contributed by atoms with Gasteiger partial charge in [0.15, 0.2) is 5.82 Å². The van der Waals surface area contributed by atoms with Crippen LogP contribution in [-0.4, -0.2) is 58.0 Å². The molecule has 1 aromatic heterocycles. The van der Waals surface area contributed by atoms with Gasteiger partial charge in [0, 0.05) is 25.4 Å². The van der Waals surface area contributed by atoms with Crippen molar-refractivity contribution in [3.8, 4) is 5.75 Å². The molecule has 2 aromatic rings. The van der Waals surface area contributed by atoms with E-state index in [2.05, 4.69) is 5.10 Å². The fraction of sp³-hybridized carbons (Fsp3) is 0.500. The Labute approximate surface area is 177 Å². The van der Waals surface area contributed by atoms with Gasteiger partial charge in [-0.2, -0.15) is 5.10 Å². The number of methoxy groups -OCH3 is 1. The third-order valence-corrected chi connectivity index (χ3v) is 5.01. The van der Waals surface area contributed by atoms with Crippen LogP contribution in [0.15, 0.2) is 36.5 Å². The van der Waals surface area contributed by atoms with E-state index in [4.69, 9.17) is 9.47 Å². The first-order valence-corrected chi connectivity index (χ1v) is 10.0. The number of ether oxygens (including phenoxy) is 2. The minimum atomic E-state index is -1.03. The normalized spacial score (nSPS) is 16.5. The van der Waals surface area contributed by atoms with Crippen molar-refractivity contribution in [3.05, 3.63) is 42.1 Å². The molecule has 0 spiro atoms. The topological polar surface area (TPSA) is 76.9 Å². The summed E-state index contributed by atoms with van der Waals surface area (Å²) in [5, 5.41) is 4.57. The van der Waals surface area contributed by atoms with Gasteiger partial charge < -0.3 is 9.47 Å². The lowest BCUT2D eigenvalue weighted by molar-refractivity contribution is -0.131. The Morgan fingerprint density at radius 2 is 1.80 bits per heavy atom. The van der Waals surface area contributed by atoms with E-state index >= 15 is 0 Å². The molecule has 0 saturated carbocycles. The van der Waals surface area contributed by atoms with Crippen molar-refractivity contribution in [2.75, 3.05) is 25.1 Å². The predicted molar refractivity (Wildman–Crippen MR) is 114 cm³/mol. The van der Waals surface area contributed by atoms with Crippen molar-refractivity contribution in [1.29, 1.82) is 0 Å². The van der Waals surface area contributed by atoms with Crippen LogP contribution in [0.3, 0.4) is 0 Å². The number of rotatable bonds is 4. The quantitative estimate of drug-likeness (QED) is 0.767. The number of aromatic nitrogens is 2. The lowest BCUT2D eigenvalue weighted by Gasteiger charge is -2.45. The van der Waals surface area contributed by atoms with Crippen molar-refractivity contribution in [3.63, 3.8) is 0 Å². The summed E-state index contributed by atoms with van der Waals surface area (Å²) in [5.41, 5.74) is -0.569. The zero-order valence-electron chi connectivity index (χ0n) is 18.5. The van der Waals surface area contributed by atoms with Crippen LogP contribution in [0.2, 0.25) is 0 Å². The van der Waals surface area contributed by atoms with Crippen LogP contribution >= 0.6 is 0 Å². The van der Waals surface area contributed by atoms with Crippen LogP contribution in [0, 0.1) is 0 Å². The second kappa shape index (κ2) is 8.01. The summed E-state index contributed by atoms with van der Waals surface area (Å²) in [6.07, 6.45) is 1.37. The van der Waals surface area contributed by atoms with Crippen LogP contribution in [-0.2, 0) is 16.1 Å². The van der Waals surface area contributed by atoms with Crippen molar-refractivity contribution in [2.24, 2.45) is 0 Å². The minimum absolute atomic E-state index is 0.186. The van der Waals surface area contributed by atoms with Gasteiger partial charge in [-0.1, -0.05) is 12.1 Å². The molecule has 2 amide bonds. The molecule has 0 unspecified atom stereocenters. The Morgan fingerprint density at radius 3 is 2.40 bits per heavy atom. The standard InChI is InChI=1S/C22H30N4O4/c1-21(2,3)30-20(28)26-14-13-25(19(27)22(26,4)5)18-11-12-24(23-18)15-16-7-9-17(29-6)10-8-16/h7-12H,13-15H2,1-6H3. The molecule has 0 radical (unpaired) electrons. The number of hydrogen-bond donors (Lipinski definition) is 0. The van der Waals surface area contributed by atoms with Crippen molar-refractivity contribution >= 4 is 17.8 Å². The Kier molecular flexibility index (Phi) is 5.78. The molecule has 0 aliphatic carbocycles. The fourth-order valence-electron chi connectivity index (χ4n) is 3.38. The van der Waals surface area contributed by atoms with E-state index in [1.807, 2.05) is 57.3 Å². The number of hydrogen-bond acceptors (Lipinski definition) is 5. The zero-order chi connectivity index (χ0) is 22.1. The van der Waals surface area contributed by atoms with Gasteiger partial charge in [-0.3, -0.25) is 19.3 Å². The Balaban J connectivity index is 1.72. The molecule has 0 atom stereocenters. The van der Waals surface area contributed by atoms with Gasteiger partial charge in [0.25, 0.3) is 5.91 Å². The molecule has 3 rings (SSSR count). The Morgan fingerprint density at radius 1 is 1.13 bits per heavy atom. The molecule has 8 heteroatoms. The number of carbonyl (C=O) groups excluding carboxylic acids is 2. The van der Waals surface area contributed by atoms with E-state index < -0.39 is 17.2 Å². The molecule has 1 fully saturated rings. The summed E-state index contributed by atoms with van der Waals surface area (Å²) in [7, 11) is 1.63. The van der Waals surface area contributed by atoms with E-state index in [1.54, 1.807) is 30.5 Å². The Hall–Kier alpha value is -3.03. The molecule has 0 N–H and O–H groups in total. The average molecular weight is 415 g/mol. The van der Waals surface area contributed by atoms with Crippen LogP contribution in [0.5, 0.6) is 5.75 Å². The number of anilines is 1. The van der Waals surface area contributed by atoms with Gasteiger partial charge in [0.2, 0.25) is 0 Å². The van der Waals surface area contributed by atoms with Crippen molar-refractivity contribution < 1.29 is 19.1 Å². The molecule has 162 valence electrons. The maximum Gasteiger partial charge on any atom is 0.411 e. The molecule has 1 saturated heterocycles. The summed E-state index contributed by atoms with van der Waals surface area (Å²) in [6, 6.07) is 9.59. The lowest BCUT2D eigenvalue weighted by atomic mass is 9.98. The highest BCUT2D eigenvalue weighted by molar-refractivity contribution is 6.01. The second-order valence-electron chi connectivity index (χ2n) is 8.87. The van der Waals surface area contributed by atoms with Gasteiger partial charge in [0.05, 0.1) is 13.7 Å². The van der Waals surface area contributed by atoms with E-state index in [1.165, 1.54) is 4.90 Å². The first-order valence-electron chi connectivity index (χ1n) is 10.0. The van der Waals surface area contributed by atoms with Gasteiger partial charge in [-0.25, -0.2) is 4.79 Å². The third kappa shape index (κ3) is 4.58. The Bertz CT molecular complexity index is 912. The predicted octanol–water partition coefficient (Wildman–Crippen LogP) is 3.30. The van der Waals surface area contributed by atoms with Crippen LogP contribution in [0.1, 0.15) is 40.2 Å². The van der Waals surface area contributed by atoms with Crippen LogP contribution in [0.25, 0.3) is 0 Å². The van der Waals surface area contributed by atoms with Crippen molar-refractivity contribution in [2.45, 2.75) is 52.3 Å². The van der Waals surface area contributed by atoms with Gasteiger partial charge in [-0.15, -0.1) is 0 Å². The molecule has 0 bridgehead atoms. The molecule has 2 heterocycles. The molecule has 30 heavy (non-hydrogen) atoms. The largest absolute Gasteiger partial charge is 0.497 e. The smallest absolute Gasteiger partial charge is 0.411 e. The number of nitrogens with zero attached hydrogens (tertiary/aromatic N) is 4. The number of piperazine rings is 1. The molecule has 1 aliphatic rings. The SMILES string of the molecule is COc1ccc(Cn2ccc(N3CCN(C(=O)OC(C)(C)C)C(C)(C)C3=O)n2)cc1. The van der Waals surface area contributed by atoms with Gasteiger partial charge in [-0.05, 0) is 52.3 Å². The van der Waals surface area contributed by atoms with E-state index in [9.17, 15) is 9.59 Å². The van der Waals surface area contributed by atoms with Crippen LogP contribution in [0.4, 0.5) is 10.6 Å². The highest BCUT2D eigenvalue weighted by atomic mass is 16.6. The monoisotopic (exact) mass is 414 g/mol. The summed E-state index contributed by atoms with van der Waals surface area (Å²) < 4.78 is 12.4. The third-order valence-electron chi connectivity index (χ3n) is 5.01. The number of benzene rings is 1. The maximum atomic E-state index is 13.2. The van der Waals surface area contributed by atoms with E-state index in [0.717, 1.165) is 11.3 Å². The second-order valence-corrected chi connectivity index (χ2v) is 8.87. The van der Waals surface area contributed by atoms with Crippen LogP contribution < -0.4 is 9.64 Å². The lowest BCUT2D eigenvalue weighted by Crippen LogP contribution is -2.65. The molecule has 1 aromatic carbocycles. The fourth-order valence-corrected chi connectivity index (χ4v) is 3.38. The molecular weight excluding hydrogens is 384 g/mol. The maximum absolute atomic E-state index is 13.2. The summed E-state index contributed by atoms with van der Waals surface area (Å²) in [5.74, 6) is 1.19. The first-order chi connectivity index (χ1) is 14.0. The average Bonchev–Trinajstić information content (AvgIpc) is 3.11. The summed E-state index contributed by atoms with van der Waals surface area (Å²) in [6.45, 7) is 10.2. The van der Waals surface area contributed by atoms with E-state index in [-0.39, 0.29) is 5.91 Å². The van der Waals surface area contributed by atoms with E-state index in [0.29, 0.717) is 25.5 Å². The summed E-state index contributed by atoms with van der Waals surface area (Å²) >= 11 is 0. The number of amides is 2. The highest BCUT2D eigenvalue weighted by Crippen LogP contribution is 2.28. The highest BCUT2D eigenvalue weighted by Gasteiger charge is 2.46. The molecule has 1 aliphatic heterocycles. The first kappa shape index (κ1) is 21.7. The van der Waals surface area contributed by atoms with Gasteiger partial charge in [0.1, 0.15) is 16.9 Å². The minimum Gasteiger partial charge on any atom is -0.497 e. The summed E-state index contributed by atoms with van der Waals surface area (Å²) in [4.78, 5) is 28.9. The number of carbonyl (C=O) groups is 2. The molecular formula is C22H30N4O4. The van der Waals surface area contributed by atoms with Crippen molar-refractivity contribution in [1.82, 2.24) is 14.7 Å².